The highest BCUT2D eigenvalue weighted by molar-refractivity contribution is 5.89. The molecule has 1 saturated heterocycles. The summed E-state index contributed by atoms with van der Waals surface area (Å²) in [4.78, 5) is 15.8. The first kappa shape index (κ1) is 17.9. The second kappa shape index (κ2) is 7.64. The van der Waals surface area contributed by atoms with Crippen LogP contribution in [0, 0.1) is 26.7 Å². The summed E-state index contributed by atoms with van der Waals surface area (Å²) in [6.07, 6.45) is 3.97. The zero-order chi connectivity index (χ0) is 18.8. The van der Waals surface area contributed by atoms with Gasteiger partial charge >= 0.3 is 0 Å². The van der Waals surface area contributed by atoms with Crippen LogP contribution < -0.4 is 5.32 Å². The summed E-state index contributed by atoms with van der Waals surface area (Å²) in [6.45, 7) is 10.2. The molecular formula is C21H27N5O. The smallest absolute Gasteiger partial charge is 0.165 e. The summed E-state index contributed by atoms with van der Waals surface area (Å²) in [7, 11) is 0. The summed E-state index contributed by atoms with van der Waals surface area (Å²) >= 11 is 0. The van der Waals surface area contributed by atoms with Gasteiger partial charge in [0.25, 0.3) is 0 Å². The summed E-state index contributed by atoms with van der Waals surface area (Å²) in [5, 5.41) is 4.59. The van der Waals surface area contributed by atoms with Gasteiger partial charge in [-0.3, -0.25) is 4.90 Å². The predicted octanol–water partition coefficient (Wildman–Crippen LogP) is 3.87. The molecule has 1 aliphatic rings. The minimum atomic E-state index is 0.656. The number of pyridine rings is 1. The van der Waals surface area contributed by atoms with Crippen molar-refractivity contribution in [2.45, 2.75) is 40.2 Å². The average molecular weight is 365 g/mol. The first-order valence-electron chi connectivity index (χ1n) is 9.69. The Balaban J connectivity index is 1.34. The number of fused-ring (bicyclic) bond motifs is 1. The van der Waals surface area contributed by atoms with Crippen LogP contribution >= 0.6 is 0 Å². The molecule has 0 amide bonds. The van der Waals surface area contributed by atoms with Crippen molar-refractivity contribution >= 4 is 16.9 Å². The van der Waals surface area contributed by atoms with E-state index >= 15 is 0 Å². The van der Waals surface area contributed by atoms with Crippen molar-refractivity contribution in [1.82, 2.24) is 19.9 Å². The maximum absolute atomic E-state index is 5.70. The van der Waals surface area contributed by atoms with Crippen LogP contribution in [0.15, 0.2) is 28.9 Å². The average Bonchev–Trinajstić information content (AvgIpc) is 3.05. The predicted molar refractivity (Wildman–Crippen MR) is 107 cm³/mol. The lowest BCUT2D eigenvalue weighted by atomic mass is 9.96. The number of piperidine rings is 1. The van der Waals surface area contributed by atoms with Crippen LogP contribution in [0.25, 0.3) is 11.0 Å². The van der Waals surface area contributed by atoms with Gasteiger partial charge in [0.05, 0.1) is 11.9 Å². The fourth-order valence-corrected chi connectivity index (χ4v) is 3.92. The van der Waals surface area contributed by atoms with Gasteiger partial charge in [-0.05, 0) is 76.4 Å². The Kier molecular flexibility index (Phi) is 5.07. The third-order valence-electron chi connectivity index (χ3n) is 5.37. The quantitative estimate of drug-likeness (QED) is 0.740. The standard InChI is InChI=1S/C21H27N5O/c1-14-10-15(2)25-21-19(14)20(23-13-24-21)22-11-17-6-8-26(9-7-17)12-18-5-4-16(3)27-18/h4-5,10,13,17H,6-9,11-12H2,1-3H3,(H,22,23,24,25). The van der Waals surface area contributed by atoms with Gasteiger partial charge in [-0.1, -0.05) is 0 Å². The number of hydrogen-bond acceptors (Lipinski definition) is 6. The number of aromatic nitrogens is 3. The van der Waals surface area contributed by atoms with Crippen molar-refractivity contribution in [3.63, 3.8) is 0 Å². The highest BCUT2D eigenvalue weighted by atomic mass is 16.3. The normalized spacial score (nSPS) is 16.1. The lowest BCUT2D eigenvalue weighted by Crippen LogP contribution is -2.35. The first-order valence-corrected chi connectivity index (χ1v) is 9.69. The molecule has 0 bridgehead atoms. The summed E-state index contributed by atoms with van der Waals surface area (Å²) < 4.78 is 5.70. The Morgan fingerprint density at radius 1 is 1.15 bits per heavy atom. The topological polar surface area (TPSA) is 67.1 Å². The molecule has 0 saturated carbocycles. The second-order valence-corrected chi connectivity index (χ2v) is 7.61. The number of anilines is 1. The number of nitrogens with one attached hydrogen (secondary N) is 1. The first-order chi connectivity index (χ1) is 13.1. The van der Waals surface area contributed by atoms with E-state index in [1.165, 1.54) is 18.4 Å². The van der Waals surface area contributed by atoms with E-state index in [9.17, 15) is 0 Å². The SMILES string of the molecule is Cc1cc(C)c2c(NCC3CCN(Cc4ccc(C)o4)CC3)ncnc2n1. The van der Waals surface area contributed by atoms with Crippen LogP contribution in [0.3, 0.4) is 0 Å². The molecule has 27 heavy (non-hydrogen) atoms. The molecule has 6 nitrogen and oxygen atoms in total. The second-order valence-electron chi connectivity index (χ2n) is 7.61. The number of furan rings is 1. The Labute approximate surface area is 160 Å². The van der Waals surface area contributed by atoms with Crippen molar-refractivity contribution < 1.29 is 4.42 Å². The molecule has 4 heterocycles. The van der Waals surface area contributed by atoms with E-state index < -0.39 is 0 Å². The van der Waals surface area contributed by atoms with E-state index in [4.69, 9.17) is 4.42 Å². The highest BCUT2D eigenvalue weighted by Gasteiger charge is 2.20. The van der Waals surface area contributed by atoms with Gasteiger partial charge in [0.2, 0.25) is 0 Å². The highest BCUT2D eigenvalue weighted by Crippen LogP contribution is 2.24. The Morgan fingerprint density at radius 2 is 1.96 bits per heavy atom. The van der Waals surface area contributed by atoms with E-state index in [2.05, 4.69) is 44.2 Å². The van der Waals surface area contributed by atoms with E-state index in [1.54, 1.807) is 6.33 Å². The van der Waals surface area contributed by atoms with Crippen LogP contribution in [-0.4, -0.2) is 39.5 Å². The molecule has 0 unspecified atom stereocenters. The van der Waals surface area contributed by atoms with Crippen molar-refractivity contribution in [3.05, 3.63) is 47.3 Å². The van der Waals surface area contributed by atoms with Crippen LogP contribution in [0.5, 0.6) is 0 Å². The third-order valence-corrected chi connectivity index (χ3v) is 5.37. The van der Waals surface area contributed by atoms with Crippen LogP contribution in [-0.2, 0) is 6.54 Å². The third kappa shape index (κ3) is 4.11. The summed E-state index contributed by atoms with van der Waals surface area (Å²) in [5.41, 5.74) is 2.93. The molecule has 6 heteroatoms. The molecule has 0 aromatic carbocycles. The molecule has 0 atom stereocenters. The molecule has 1 N–H and O–H groups in total. The largest absolute Gasteiger partial charge is 0.465 e. The van der Waals surface area contributed by atoms with Crippen LogP contribution in [0.1, 0.15) is 35.6 Å². The molecule has 3 aromatic heterocycles. The van der Waals surface area contributed by atoms with Gasteiger partial charge in [0, 0.05) is 12.2 Å². The zero-order valence-corrected chi connectivity index (χ0v) is 16.3. The minimum absolute atomic E-state index is 0.656. The Bertz CT molecular complexity index is 927. The molecule has 0 spiro atoms. The molecule has 4 rings (SSSR count). The Morgan fingerprint density at radius 3 is 2.70 bits per heavy atom. The lowest BCUT2D eigenvalue weighted by molar-refractivity contribution is 0.170. The van der Waals surface area contributed by atoms with E-state index in [0.717, 1.165) is 60.2 Å². The molecule has 3 aromatic rings. The zero-order valence-electron chi connectivity index (χ0n) is 16.3. The molecule has 1 aliphatic heterocycles. The lowest BCUT2D eigenvalue weighted by Gasteiger charge is -2.31. The monoisotopic (exact) mass is 365 g/mol. The molecule has 1 fully saturated rings. The maximum atomic E-state index is 5.70. The van der Waals surface area contributed by atoms with Crippen molar-refractivity contribution in [2.24, 2.45) is 5.92 Å². The fourth-order valence-electron chi connectivity index (χ4n) is 3.92. The molecule has 142 valence electrons. The van der Waals surface area contributed by atoms with E-state index in [0.29, 0.717) is 5.92 Å². The van der Waals surface area contributed by atoms with Crippen LogP contribution in [0.4, 0.5) is 5.82 Å². The maximum Gasteiger partial charge on any atom is 0.165 e. The van der Waals surface area contributed by atoms with Gasteiger partial charge in [-0.25, -0.2) is 15.0 Å². The number of likely N-dealkylation sites (tertiary alicyclic amines) is 1. The van der Waals surface area contributed by atoms with Crippen molar-refractivity contribution in [1.29, 1.82) is 0 Å². The van der Waals surface area contributed by atoms with Gasteiger partial charge in [-0.15, -0.1) is 0 Å². The van der Waals surface area contributed by atoms with Crippen molar-refractivity contribution in [3.8, 4) is 0 Å². The summed E-state index contributed by atoms with van der Waals surface area (Å²) in [5.74, 6) is 3.61. The Hall–Kier alpha value is -2.47. The number of nitrogens with zero attached hydrogens (tertiary/aromatic N) is 4. The van der Waals surface area contributed by atoms with Gasteiger partial charge in [0.15, 0.2) is 5.65 Å². The van der Waals surface area contributed by atoms with E-state index in [1.807, 2.05) is 19.9 Å². The van der Waals surface area contributed by atoms with Gasteiger partial charge in [0.1, 0.15) is 23.7 Å². The molecule has 0 aliphatic carbocycles. The number of hydrogen-bond donors (Lipinski definition) is 1. The summed E-state index contributed by atoms with van der Waals surface area (Å²) in [6, 6.07) is 6.21. The van der Waals surface area contributed by atoms with Crippen LogP contribution in [0.2, 0.25) is 0 Å². The molecular weight excluding hydrogens is 338 g/mol. The van der Waals surface area contributed by atoms with E-state index in [-0.39, 0.29) is 0 Å². The fraction of sp³-hybridized carbons (Fsp3) is 0.476. The number of rotatable bonds is 5. The van der Waals surface area contributed by atoms with Gasteiger partial charge < -0.3 is 9.73 Å². The van der Waals surface area contributed by atoms with Crippen molar-refractivity contribution in [2.75, 3.05) is 25.0 Å². The molecule has 0 radical (unpaired) electrons. The minimum Gasteiger partial charge on any atom is -0.465 e. The number of aryl methyl sites for hydroxylation is 3. The van der Waals surface area contributed by atoms with Gasteiger partial charge in [-0.2, -0.15) is 0 Å².